The lowest BCUT2D eigenvalue weighted by Gasteiger charge is -2.34. The van der Waals surface area contributed by atoms with Crippen LogP contribution in [0.1, 0.15) is 33.1 Å². The van der Waals surface area contributed by atoms with Gasteiger partial charge in [0.1, 0.15) is 6.10 Å². The Morgan fingerprint density at radius 3 is 2.56 bits per heavy atom. The number of allylic oxidation sites excluding steroid dienone is 1. The molecule has 0 unspecified atom stereocenters. The number of carbonyl (C=O) groups is 2. The van der Waals surface area contributed by atoms with Crippen LogP contribution in [0.4, 0.5) is 0 Å². The van der Waals surface area contributed by atoms with Crippen molar-refractivity contribution in [2.45, 2.75) is 45.3 Å². The number of hydrogen-bond acceptors (Lipinski definition) is 3. The predicted molar refractivity (Wildman–Crippen MR) is 60.7 cm³/mol. The number of ether oxygens (including phenoxy) is 1. The van der Waals surface area contributed by atoms with Crippen LogP contribution in [-0.4, -0.2) is 24.0 Å². The maximum Gasteiger partial charge on any atom is 0.302 e. The van der Waals surface area contributed by atoms with Crippen molar-refractivity contribution in [3.63, 3.8) is 0 Å². The summed E-state index contributed by atoms with van der Waals surface area (Å²) in [5.41, 5.74) is 0. The number of nitrogens with one attached hydrogen (secondary N) is 1. The van der Waals surface area contributed by atoms with E-state index >= 15 is 0 Å². The van der Waals surface area contributed by atoms with Gasteiger partial charge in [-0.25, -0.2) is 0 Å². The van der Waals surface area contributed by atoms with E-state index in [0.29, 0.717) is 5.92 Å². The summed E-state index contributed by atoms with van der Waals surface area (Å²) in [5, 5.41) is 2.84. The monoisotopic (exact) mass is 225 g/mol. The Bertz CT molecular complexity index is 288. The lowest BCUT2D eigenvalue weighted by Crippen LogP contribution is -2.47. The van der Waals surface area contributed by atoms with E-state index < -0.39 is 0 Å². The van der Waals surface area contributed by atoms with Gasteiger partial charge in [-0.15, -0.1) is 6.58 Å². The first-order valence-corrected chi connectivity index (χ1v) is 5.59. The molecule has 0 aromatic carbocycles. The number of rotatable bonds is 3. The molecule has 0 aliphatic heterocycles. The Morgan fingerprint density at radius 2 is 2.06 bits per heavy atom. The molecule has 1 aliphatic rings. The summed E-state index contributed by atoms with van der Waals surface area (Å²) < 4.78 is 5.21. The Hall–Kier alpha value is -1.32. The molecule has 0 radical (unpaired) electrons. The van der Waals surface area contributed by atoms with Gasteiger partial charge in [-0.2, -0.15) is 0 Å². The molecule has 0 aromatic heterocycles. The van der Waals surface area contributed by atoms with Crippen LogP contribution in [0, 0.1) is 5.92 Å². The largest absolute Gasteiger partial charge is 0.460 e. The van der Waals surface area contributed by atoms with Gasteiger partial charge in [-0.3, -0.25) is 9.59 Å². The average Bonchev–Trinajstić information content (AvgIpc) is 2.19. The molecule has 0 spiro atoms. The standard InChI is InChI=1S/C12H19NO3/c1-4-10-5-6-12(16-9(3)15)11(7-10)13-8(2)14/h4,10-12H,1,5-7H2,2-3H3,(H,13,14)/t10-,11+,12+/m1/s1. The van der Waals surface area contributed by atoms with Crippen molar-refractivity contribution >= 4 is 11.9 Å². The molecule has 0 heterocycles. The van der Waals surface area contributed by atoms with E-state index in [9.17, 15) is 9.59 Å². The van der Waals surface area contributed by atoms with Crippen LogP contribution in [0.15, 0.2) is 12.7 Å². The summed E-state index contributed by atoms with van der Waals surface area (Å²) in [4.78, 5) is 22.0. The molecular weight excluding hydrogens is 206 g/mol. The fraction of sp³-hybridized carbons (Fsp3) is 0.667. The third-order valence-electron chi connectivity index (χ3n) is 2.87. The molecular formula is C12H19NO3. The molecule has 1 rings (SSSR count). The van der Waals surface area contributed by atoms with E-state index in [2.05, 4.69) is 11.9 Å². The molecule has 1 N–H and O–H groups in total. The highest BCUT2D eigenvalue weighted by Crippen LogP contribution is 2.27. The molecule has 1 saturated carbocycles. The number of carbonyl (C=O) groups excluding carboxylic acids is 2. The zero-order valence-electron chi connectivity index (χ0n) is 9.86. The van der Waals surface area contributed by atoms with Crippen LogP contribution in [0.5, 0.6) is 0 Å². The van der Waals surface area contributed by atoms with Crippen molar-refractivity contribution in [1.29, 1.82) is 0 Å². The van der Waals surface area contributed by atoms with Gasteiger partial charge in [0.2, 0.25) is 5.91 Å². The minimum atomic E-state index is -0.294. The summed E-state index contributed by atoms with van der Waals surface area (Å²) in [5.74, 6) is 0.00734. The summed E-state index contributed by atoms with van der Waals surface area (Å²) in [7, 11) is 0. The van der Waals surface area contributed by atoms with E-state index in [1.165, 1.54) is 13.8 Å². The molecule has 1 aliphatic carbocycles. The Kier molecular flexibility index (Phi) is 4.52. The maximum atomic E-state index is 11.1. The second kappa shape index (κ2) is 5.68. The Balaban J connectivity index is 2.62. The minimum absolute atomic E-state index is 0.0850. The second-order valence-corrected chi connectivity index (χ2v) is 4.26. The van der Waals surface area contributed by atoms with Gasteiger partial charge in [-0.05, 0) is 25.2 Å². The van der Waals surface area contributed by atoms with E-state index in [1.807, 2.05) is 6.08 Å². The van der Waals surface area contributed by atoms with Crippen LogP contribution in [-0.2, 0) is 14.3 Å². The fourth-order valence-electron chi connectivity index (χ4n) is 2.16. The highest BCUT2D eigenvalue weighted by atomic mass is 16.5. The molecule has 4 nitrogen and oxygen atoms in total. The van der Waals surface area contributed by atoms with Crippen molar-refractivity contribution in [2.75, 3.05) is 0 Å². The van der Waals surface area contributed by atoms with Gasteiger partial charge >= 0.3 is 5.97 Å². The summed E-state index contributed by atoms with van der Waals surface area (Å²) in [6.45, 7) is 6.63. The number of amides is 1. The molecule has 1 fully saturated rings. The molecule has 4 heteroatoms. The van der Waals surface area contributed by atoms with Crippen LogP contribution < -0.4 is 5.32 Å². The zero-order valence-corrected chi connectivity index (χ0v) is 9.86. The van der Waals surface area contributed by atoms with Crippen molar-refractivity contribution in [2.24, 2.45) is 5.92 Å². The summed E-state index contributed by atoms with van der Waals surface area (Å²) in [6.07, 6.45) is 4.23. The molecule has 0 bridgehead atoms. The first-order valence-electron chi connectivity index (χ1n) is 5.59. The first-order chi connectivity index (χ1) is 7.52. The van der Waals surface area contributed by atoms with Crippen LogP contribution in [0.25, 0.3) is 0 Å². The Labute approximate surface area is 96.0 Å². The predicted octanol–water partition coefficient (Wildman–Crippen LogP) is 1.41. The summed E-state index contributed by atoms with van der Waals surface area (Å²) >= 11 is 0. The SMILES string of the molecule is C=C[C@@H]1CC[C@H](OC(C)=O)[C@@H](NC(C)=O)C1. The first kappa shape index (κ1) is 12.7. The number of esters is 1. The number of hydrogen-bond donors (Lipinski definition) is 1. The van der Waals surface area contributed by atoms with Crippen LogP contribution >= 0.6 is 0 Å². The normalized spacial score (nSPS) is 29.2. The fourth-order valence-corrected chi connectivity index (χ4v) is 2.16. The quantitative estimate of drug-likeness (QED) is 0.583. The van der Waals surface area contributed by atoms with Gasteiger partial charge in [0.15, 0.2) is 0 Å². The lowest BCUT2D eigenvalue weighted by molar-refractivity contribution is -0.150. The highest BCUT2D eigenvalue weighted by molar-refractivity contribution is 5.73. The molecule has 16 heavy (non-hydrogen) atoms. The summed E-state index contributed by atoms with van der Waals surface area (Å²) in [6, 6.07) is -0.0850. The lowest BCUT2D eigenvalue weighted by atomic mass is 9.83. The maximum absolute atomic E-state index is 11.1. The van der Waals surface area contributed by atoms with Crippen LogP contribution in [0.3, 0.4) is 0 Å². The zero-order chi connectivity index (χ0) is 12.1. The molecule has 0 saturated heterocycles. The third-order valence-corrected chi connectivity index (χ3v) is 2.87. The van der Waals surface area contributed by atoms with Gasteiger partial charge in [-0.1, -0.05) is 6.08 Å². The van der Waals surface area contributed by atoms with Gasteiger partial charge in [0, 0.05) is 13.8 Å². The van der Waals surface area contributed by atoms with E-state index in [0.717, 1.165) is 19.3 Å². The van der Waals surface area contributed by atoms with Crippen molar-refractivity contribution in [3.05, 3.63) is 12.7 Å². The molecule has 1 amide bonds. The van der Waals surface area contributed by atoms with Crippen molar-refractivity contribution in [3.8, 4) is 0 Å². The van der Waals surface area contributed by atoms with E-state index in [-0.39, 0.29) is 24.0 Å². The molecule has 0 aromatic rings. The Morgan fingerprint density at radius 1 is 1.38 bits per heavy atom. The minimum Gasteiger partial charge on any atom is -0.460 e. The topological polar surface area (TPSA) is 55.4 Å². The second-order valence-electron chi connectivity index (χ2n) is 4.26. The van der Waals surface area contributed by atoms with Gasteiger partial charge < -0.3 is 10.1 Å². The highest BCUT2D eigenvalue weighted by Gasteiger charge is 2.31. The average molecular weight is 225 g/mol. The molecule has 90 valence electrons. The third kappa shape index (κ3) is 3.68. The van der Waals surface area contributed by atoms with E-state index in [1.54, 1.807) is 0 Å². The smallest absolute Gasteiger partial charge is 0.302 e. The van der Waals surface area contributed by atoms with E-state index in [4.69, 9.17) is 4.74 Å². The van der Waals surface area contributed by atoms with Crippen molar-refractivity contribution in [1.82, 2.24) is 5.32 Å². The van der Waals surface area contributed by atoms with Gasteiger partial charge in [0.25, 0.3) is 0 Å². The molecule has 3 atom stereocenters. The van der Waals surface area contributed by atoms with Crippen molar-refractivity contribution < 1.29 is 14.3 Å². The van der Waals surface area contributed by atoms with Crippen LogP contribution in [0.2, 0.25) is 0 Å². The van der Waals surface area contributed by atoms with Gasteiger partial charge in [0.05, 0.1) is 6.04 Å².